The minimum Gasteiger partial charge on any atom is -0.506 e. The molecule has 2 aromatic carbocycles. The molecule has 0 bridgehead atoms. The summed E-state index contributed by atoms with van der Waals surface area (Å²) >= 11 is 6.98. The Kier molecular flexibility index (Phi) is 5.96. The zero-order chi connectivity index (χ0) is 20.3. The number of hydrogen-bond acceptors (Lipinski definition) is 7. The Balaban J connectivity index is 2.04. The molecule has 0 radical (unpaired) electrons. The summed E-state index contributed by atoms with van der Waals surface area (Å²) < 4.78 is 5.04. The lowest BCUT2D eigenvalue weighted by atomic mass is 10.1. The Morgan fingerprint density at radius 2 is 1.86 bits per heavy atom. The maximum absolute atomic E-state index is 12.4. The normalized spacial score (nSPS) is 16.8. The molecule has 1 aliphatic rings. The van der Waals surface area contributed by atoms with Crippen molar-refractivity contribution in [1.29, 1.82) is 0 Å². The van der Waals surface area contributed by atoms with Gasteiger partial charge in [0.1, 0.15) is 16.4 Å². The summed E-state index contributed by atoms with van der Waals surface area (Å²) in [4.78, 5) is 17.1. The Bertz CT molecular complexity index is 1010. The first-order valence-electron chi connectivity index (χ1n) is 8.26. The van der Waals surface area contributed by atoms with E-state index >= 15 is 0 Å². The third-order valence-electron chi connectivity index (χ3n) is 3.72. The number of thioether (sulfide) groups is 1. The van der Waals surface area contributed by atoms with Gasteiger partial charge in [-0.3, -0.25) is 0 Å². The molecule has 3 N–H and O–H groups in total. The Hall–Kier alpha value is -2.90. The summed E-state index contributed by atoms with van der Waals surface area (Å²) in [6, 6.07) is 11.0. The molecule has 0 aliphatic carbocycles. The van der Waals surface area contributed by atoms with E-state index in [1.165, 1.54) is 12.1 Å². The molecular weight excluding hydrogens is 402 g/mol. The fourth-order valence-electron chi connectivity index (χ4n) is 2.41. The molecule has 3 rings (SSSR count). The molecule has 6 nitrogen and oxygen atoms in total. The van der Waals surface area contributed by atoms with E-state index < -0.39 is 5.97 Å². The highest BCUT2D eigenvalue weighted by Gasteiger charge is 2.33. The number of carbonyl (C=O) groups excluding carboxylic acids is 1. The van der Waals surface area contributed by atoms with E-state index in [4.69, 9.17) is 16.3 Å². The fraction of sp³-hybridized carbons (Fsp3) is 0.100. The van der Waals surface area contributed by atoms with Gasteiger partial charge in [0.2, 0.25) is 0 Å². The molecule has 28 heavy (non-hydrogen) atoms. The monoisotopic (exact) mass is 417 g/mol. The van der Waals surface area contributed by atoms with Crippen molar-refractivity contribution in [1.82, 2.24) is 0 Å². The van der Waals surface area contributed by atoms with Crippen molar-refractivity contribution in [3.8, 4) is 11.5 Å². The topological polar surface area (TPSA) is 99.4 Å². The Morgan fingerprint density at radius 1 is 1.14 bits per heavy atom. The highest BCUT2D eigenvalue weighted by Crippen LogP contribution is 2.40. The van der Waals surface area contributed by atoms with Gasteiger partial charge in [-0.25, -0.2) is 9.79 Å². The summed E-state index contributed by atoms with van der Waals surface area (Å²) in [5.41, 5.74) is 1.06. The van der Waals surface area contributed by atoms with E-state index in [0.29, 0.717) is 21.2 Å². The van der Waals surface area contributed by atoms with Crippen LogP contribution in [0.4, 0.5) is 5.69 Å². The van der Waals surface area contributed by atoms with Crippen LogP contribution in [-0.2, 0) is 9.53 Å². The first-order valence-corrected chi connectivity index (χ1v) is 9.45. The van der Waals surface area contributed by atoms with Gasteiger partial charge in [-0.2, -0.15) is 0 Å². The van der Waals surface area contributed by atoms with Crippen molar-refractivity contribution >= 4 is 46.1 Å². The minimum atomic E-state index is -0.683. The molecule has 2 aromatic rings. The van der Waals surface area contributed by atoms with Crippen molar-refractivity contribution in [3.05, 3.63) is 69.3 Å². The van der Waals surface area contributed by atoms with Gasteiger partial charge in [-0.1, -0.05) is 29.4 Å². The molecule has 0 saturated heterocycles. The van der Waals surface area contributed by atoms with Crippen LogP contribution in [0.3, 0.4) is 0 Å². The maximum Gasteiger partial charge on any atom is 0.344 e. The van der Waals surface area contributed by atoms with Gasteiger partial charge < -0.3 is 20.1 Å². The molecule has 0 spiro atoms. The van der Waals surface area contributed by atoms with Crippen LogP contribution in [0.5, 0.6) is 11.5 Å². The summed E-state index contributed by atoms with van der Waals surface area (Å²) in [6.07, 6.45) is 1.57. The minimum absolute atomic E-state index is 0.0314. The van der Waals surface area contributed by atoms with Gasteiger partial charge >= 0.3 is 5.97 Å². The number of carbonyl (C=O) groups is 1. The molecule has 0 atom stereocenters. The molecule has 1 aliphatic heterocycles. The van der Waals surface area contributed by atoms with E-state index in [1.54, 1.807) is 43.3 Å². The number of esters is 1. The van der Waals surface area contributed by atoms with Crippen molar-refractivity contribution in [2.45, 2.75) is 6.92 Å². The summed E-state index contributed by atoms with van der Waals surface area (Å²) in [7, 11) is 0. The molecule has 1 heterocycles. The summed E-state index contributed by atoms with van der Waals surface area (Å²) in [5, 5.41) is 30.5. The van der Waals surface area contributed by atoms with Crippen LogP contribution in [0.2, 0.25) is 5.02 Å². The lowest BCUT2D eigenvalue weighted by Gasteiger charge is -2.03. The van der Waals surface area contributed by atoms with Crippen LogP contribution < -0.4 is 0 Å². The fourth-order valence-corrected chi connectivity index (χ4v) is 3.57. The first-order chi connectivity index (χ1) is 13.4. The molecule has 0 unspecified atom stereocenters. The molecule has 144 valence electrons. The second kappa shape index (κ2) is 8.41. The first kappa shape index (κ1) is 19.9. The van der Waals surface area contributed by atoms with Crippen molar-refractivity contribution in [3.63, 3.8) is 0 Å². The summed E-state index contributed by atoms with van der Waals surface area (Å²) in [5.74, 6) is -1.49. The third-order valence-corrected chi connectivity index (χ3v) is 5.00. The van der Waals surface area contributed by atoms with Crippen LogP contribution in [0, 0.1) is 0 Å². The zero-order valence-electron chi connectivity index (χ0n) is 14.7. The number of aliphatic imine (C=N–C) groups is 1. The van der Waals surface area contributed by atoms with Gasteiger partial charge in [0, 0.05) is 5.02 Å². The number of aromatic hydroxyl groups is 2. The van der Waals surface area contributed by atoms with E-state index in [-0.39, 0.29) is 34.5 Å². The molecule has 0 amide bonds. The van der Waals surface area contributed by atoms with E-state index in [0.717, 1.165) is 11.8 Å². The third kappa shape index (κ3) is 4.32. The number of aliphatic hydroxyl groups excluding tert-OH is 1. The maximum atomic E-state index is 12.4. The van der Waals surface area contributed by atoms with Gasteiger partial charge in [-0.15, -0.1) is 0 Å². The molecule has 0 fully saturated rings. The van der Waals surface area contributed by atoms with Gasteiger partial charge in [0.25, 0.3) is 0 Å². The lowest BCUT2D eigenvalue weighted by molar-refractivity contribution is -0.138. The largest absolute Gasteiger partial charge is 0.506 e. The highest BCUT2D eigenvalue weighted by atomic mass is 35.5. The van der Waals surface area contributed by atoms with E-state index in [2.05, 4.69) is 4.99 Å². The number of halogens is 1. The molecule has 8 heteroatoms. The number of rotatable bonds is 4. The Labute approximate surface area is 170 Å². The molecule has 0 saturated carbocycles. The van der Waals surface area contributed by atoms with Crippen LogP contribution in [0.1, 0.15) is 12.5 Å². The van der Waals surface area contributed by atoms with Crippen molar-refractivity contribution in [2.75, 3.05) is 6.61 Å². The van der Waals surface area contributed by atoms with Gasteiger partial charge in [0.15, 0.2) is 11.5 Å². The second-order valence-electron chi connectivity index (χ2n) is 5.70. The molecular formula is C20H16ClNO5S. The number of nitrogens with zero attached hydrogens (tertiary/aromatic N) is 1. The smallest absolute Gasteiger partial charge is 0.344 e. The van der Waals surface area contributed by atoms with Crippen molar-refractivity contribution < 1.29 is 24.9 Å². The number of phenols is 2. The number of hydrogen-bond donors (Lipinski definition) is 3. The predicted molar refractivity (Wildman–Crippen MR) is 110 cm³/mol. The lowest BCUT2D eigenvalue weighted by Crippen LogP contribution is -2.12. The highest BCUT2D eigenvalue weighted by molar-refractivity contribution is 8.18. The average molecular weight is 418 g/mol. The SMILES string of the molecule is CCOC(=O)C1=C(O)C(=Cc2ccc(O)c(O)c2)SC1=Nc1ccc(Cl)cc1. The predicted octanol–water partition coefficient (Wildman–Crippen LogP) is 4.94. The van der Waals surface area contributed by atoms with Crippen LogP contribution in [0.25, 0.3) is 6.08 Å². The molecule has 0 aromatic heterocycles. The zero-order valence-corrected chi connectivity index (χ0v) is 16.3. The van der Waals surface area contributed by atoms with Gasteiger partial charge in [-0.05, 0) is 55.0 Å². The van der Waals surface area contributed by atoms with E-state index in [1.807, 2.05) is 0 Å². The van der Waals surface area contributed by atoms with Crippen molar-refractivity contribution in [2.24, 2.45) is 4.99 Å². The number of phenolic OH excluding ortho intramolecular Hbond substituents is 2. The van der Waals surface area contributed by atoms with Gasteiger partial charge in [0.05, 0.1) is 17.2 Å². The van der Waals surface area contributed by atoms with E-state index in [9.17, 15) is 20.1 Å². The number of aliphatic hydroxyl groups is 1. The second-order valence-corrected chi connectivity index (χ2v) is 7.16. The summed E-state index contributed by atoms with van der Waals surface area (Å²) in [6.45, 7) is 1.82. The van der Waals surface area contributed by atoms with Crippen LogP contribution >= 0.6 is 23.4 Å². The average Bonchev–Trinajstić information content (AvgIpc) is 2.95. The quantitative estimate of drug-likeness (QED) is 0.481. The van der Waals surface area contributed by atoms with Crippen LogP contribution in [-0.4, -0.2) is 32.9 Å². The van der Waals surface area contributed by atoms with Crippen LogP contribution in [0.15, 0.2) is 63.7 Å². The standard InChI is InChI=1S/C20H16ClNO5S/c1-2-27-20(26)17-18(25)16(10-11-3-8-14(23)15(24)9-11)28-19(17)22-13-6-4-12(21)5-7-13/h3-10,23-25H,2H2,1H3. The number of ether oxygens (including phenoxy) is 1. The number of benzene rings is 2. The Morgan fingerprint density at radius 3 is 2.50 bits per heavy atom.